The van der Waals surface area contributed by atoms with E-state index in [4.69, 9.17) is 14.2 Å². The average molecular weight is 555 g/mol. The molecular weight excluding hydrogens is 520 g/mol. The van der Waals surface area contributed by atoms with E-state index < -0.39 is 18.3 Å². The highest BCUT2D eigenvalue weighted by Crippen LogP contribution is 2.39. The van der Waals surface area contributed by atoms with E-state index in [1.54, 1.807) is 24.9 Å². The molecule has 3 aromatic rings. The summed E-state index contributed by atoms with van der Waals surface area (Å²) < 4.78 is 19.6. The van der Waals surface area contributed by atoms with Crippen molar-refractivity contribution in [3.63, 3.8) is 0 Å². The number of nitrogens with one attached hydrogen (secondary N) is 2. The van der Waals surface area contributed by atoms with E-state index in [9.17, 15) is 14.7 Å². The molecule has 1 aliphatic heterocycles. The molecule has 1 aromatic heterocycles. The molecule has 0 aliphatic carbocycles. The van der Waals surface area contributed by atoms with Gasteiger partial charge in [-0.1, -0.05) is 60.3 Å². The minimum absolute atomic E-state index is 0.00523. The van der Waals surface area contributed by atoms with Gasteiger partial charge >= 0.3 is 12.0 Å². The standard InChI is InChI=1S/C28H34N4O6S/c1-3-36-25(34)16-31-27(35)30-15-19-4-10-22(11-5-19)26-37-23(18-39-28-29-12-13-32(28)2)14-24(38-26)21-8-6-20(17-33)7-9-21/h4-13,23-24,26,33H,3,14-18H2,1-2H3,(H2,30,31,35). The molecule has 1 aliphatic rings. The van der Waals surface area contributed by atoms with Gasteiger partial charge in [-0.25, -0.2) is 9.78 Å². The van der Waals surface area contributed by atoms with Crippen molar-refractivity contribution in [2.24, 2.45) is 7.05 Å². The molecule has 0 bridgehead atoms. The molecule has 2 aromatic carbocycles. The summed E-state index contributed by atoms with van der Waals surface area (Å²) in [6, 6.07) is 15.0. The summed E-state index contributed by atoms with van der Waals surface area (Å²) in [6.45, 7) is 2.09. The maximum atomic E-state index is 12.0. The third-order valence-electron chi connectivity index (χ3n) is 6.19. The summed E-state index contributed by atoms with van der Waals surface area (Å²) in [6.07, 6.45) is 3.58. The largest absolute Gasteiger partial charge is 0.465 e. The van der Waals surface area contributed by atoms with E-state index in [1.165, 1.54) is 0 Å². The first-order valence-corrected chi connectivity index (χ1v) is 13.8. The molecule has 39 heavy (non-hydrogen) atoms. The van der Waals surface area contributed by atoms with Crippen LogP contribution < -0.4 is 10.6 Å². The molecule has 3 unspecified atom stereocenters. The highest BCUT2D eigenvalue weighted by atomic mass is 32.2. The van der Waals surface area contributed by atoms with Crippen LogP contribution in [0.3, 0.4) is 0 Å². The van der Waals surface area contributed by atoms with E-state index in [0.717, 1.165) is 33.2 Å². The Balaban J connectivity index is 1.39. The number of aliphatic hydroxyl groups is 1. The Morgan fingerprint density at radius 1 is 1.08 bits per heavy atom. The number of carbonyl (C=O) groups is 2. The van der Waals surface area contributed by atoms with E-state index in [-0.39, 0.29) is 32.0 Å². The van der Waals surface area contributed by atoms with Crippen LogP contribution in [0, 0.1) is 0 Å². The van der Waals surface area contributed by atoms with Crippen LogP contribution in [0.1, 0.15) is 48.0 Å². The smallest absolute Gasteiger partial charge is 0.325 e. The fourth-order valence-electron chi connectivity index (χ4n) is 4.08. The van der Waals surface area contributed by atoms with E-state index in [2.05, 4.69) is 15.6 Å². The van der Waals surface area contributed by atoms with Gasteiger partial charge < -0.3 is 34.5 Å². The minimum Gasteiger partial charge on any atom is -0.465 e. The van der Waals surface area contributed by atoms with Crippen molar-refractivity contribution in [3.8, 4) is 0 Å². The Labute approximate surface area is 232 Å². The van der Waals surface area contributed by atoms with Gasteiger partial charge in [-0.2, -0.15) is 0 Å². The molecule has 4 rings (SSSR count). The lowest BCUT2D eigenvalue weighted by Crippen LogP contribution is -2.38. The van der Waals surface area contributed by atoms with Crippen LogP contribution in [-0.2, 0) is 39.2 Å². The number of ether oxygens (including phenoxy) is 3. The van der Waals surface area contributed by atoms with Crippen LogP contribution in [0.5, 0.6) is 0 Å². The number of nitrogens with zero attached hydrogens (tertiary/aromatic N) is 2. The number of thioether (sulfide) groups is 1. The van der Waals surface area contributed by atoms with Gasteiger partial charge in [0.1, 0.15) is 6.54 Å². The van der Waals surface area contributed by atoms with E-state index in [1.807, 2.05) is 66.3 Å². The number of imidazole rings is 1. The number of carbonyl (C=O) groups excluding carboxylic acids is 2. The van der Waals surface area contributed by atoms with Crippen LogP contribution in [-0.4, -0.2) is 51.7 Å². The van der Waals surface area contributed by atoms with Crippen molar-refractivity contribution in [2.75, 3.05) is 18.9 Å². The Bertz CT molecular complexity index is 1220. The molecule has 1 fully saturated rings. The molecule has 11 heteroatoms. The molecule has 0 spiro atoms. The molecular formula is C28H34N4O6S. The molecule has 208 valence electrons. The van der Waals surface area contributed by atoms with Crippen LogP contribution in [0.4, 0.5) is 4.79 Å². The van der Waals surface area contributed by atoms with E-state index in [0.29, 0.717) is 13.0 Å². The topological polar surface area (TPSA) is 124 Å². The second-order valence-corrected chi connectivity index (χ2v) is 10.1. The first-order chi connectivity index (χ1) is 18.9. The summed E-state index contributed by atoms with van der Waals surface area (Å²) >= 11 is 1.64. The van der Waals surface area contributed by atoms with Crippen LogP contribution in [0.25, 0.3) is 0 Å². The normalized spacial score (nSPS) is 18.9. The zero-order valence-corrected chi connectivity index (χ0v) is 22.9. The zero-order valence-electron chi connectivity index (χ0n) is 22.0. The number of hydrogen-bond donors (Lipinski definition) is 3. The molecule has 1 saturated heterocycles. The summed E-state index contributed by atoms with van der Waals surface area (Å²) in [5, 5.41) is 15.5. The number of aromatic nitrogens is 2. The fraction of sp³-hybridized carbons (Fsp3) is 0.393. The number of aliphatic hydroxyl groups excluding tert-OH is 1. The van der Waals surface area contributed by atoms with Crippen molar-refractivity contribution in [1.29, 1.82) is 0 Å². The Morgan fingerprint density at radius 2 is 1.79 bits per heavy atom. The molecule has 3 atom stereocenters. The first kappa shape index (κ1) is 28.6. The number of benzene rings is 2. The average Bonchev–Trinajstić information content (AvgIpc) is 3.38. The Hall–Kier alpha value is -3.38. The highest BCUT2D eigenvalue weighted by Gasteiger charge is 2.32. The summed E-state index contributed by atoms with van der Waals surface area (Å²) in [5.41, 5.74) is 3.64. The second kappa shape index (κ2) is 14.1. The van der Waals surface area contributed by atoms with Gasteiger partial charge in [0.25, 0.3) is 0 Å². The predicted molar refractivity (Wildman–Crippen MR) is 146 cm³/mol. The van der Waals surface area contributed by atoms with Crippen molar-refractivity contribution >= 4 is 23.8 Å². The maximum Gasteiger partial charge on any atom is 0.325 e. The van der Waals surface area contributed by atoms with Crippen LogP contribution >= 0.6 is 11.8 Å². The number of urea groups is 1. The highest BCUT2D eigenvalue weighted by molar-refractivity contribution is 7.99. The van der Waals surface area contributed by atoms with Crippen molar-refractivity contribution in [3.05, 3.63) is 83.2 Å². The maximum absolute atomic E-state index is 12.0. The SMILES string of the molecule is CCOC(=O)CNC(=O)NCc1ccc(C2OC(CSc3nccn3C)CC(c3ccc(CO)cc3)O2)cc1. The van der Waals surface area contributed by atoms with Crippen molar-refractivity contribution in [2.45, 2.75) is 50.2 Å². The van der Waals surface area contributed by atoms with Gasteiger partial charge in [-0.3, -0.25) is 4.79 Å². The third-order valence-corrected chi connectivity index (χ3v) is 7.38. The summed E-state index contributed by atoms with van der Waals surface area (Å²) in [5.74, 6) is 0.238. The zero-order chi connectivity index (χ0) is 27.6. The lowest BCUT2D eigenvalue weighted by Gasteiger charge is -2.36. The van der Waals surface area contributed by atoms with Gasteiger partial charge in [0, 0.05) is 43.7 Å². The summed E-state index contributed by atoms with van der Waals surface area (Å²) in [7, 11) is 1.97. The summed E-state index contributed by atoms with van der Waals surface area (Å²) in [4.78, 5) is 27.7. The number of hydrogen-bond acceptors (Lipinski definition) is 8. The van der Waals surface area contributed by atoms with Gasteiger partial charge in [-0.05, 0) is 23.6 Å². The molecule has 2 heterocycles. The molecule has 3 N–H and O–H groups in total. The molecule has 0 radical (unpaired) electrons. The van der Waals surface area contributed by atoms with Gasteiger partial charge in [0.15, 0.2) is 11.4 Å². The lowest BCUT2D eigenvalue weighted by molar-refractivity contribution is -0.245. The van der Waals surface area contributed by atoms with Crippen LogP contribution in [0.15, 0.2) is 66.1 Å². The number of rotatable bonds is 11. The quantitative estimate of drug-likeness (QED) is 0.243. The fourth-order valence-corrected chi connectivity index (χ4v) is 5.03. The second-order valence-electron chi connectivity index (χ2n) is 9.06. The Morgan fingerprint density at radius 3 is 2.46 bits per heavy atom. The van der Waals surface area contributed by atoms with Gasteiger partial charge in [0.05, 0.1) is 25.4 Å². The van der Waals surface area contributed by atoms with Gasteiger partial charge in [-0.15, -0.1) is 0 Å². The number of aryl methyl sites for hydroxylation is 1. The molecule has 0 saturated carbocycles. The third kappa shape index (κ3) is 8.30. The van der Waals surface area contributed by atoms with E-state index >= 15 is 0 Å². The van der Waals surface area contributed by atoms with Crippen LogP contribution in [0.2, 0.25) is 0 Å². The Kier molecular flexibility index (Phi) is 10.4. The lowest BCUT2D eigenvalue weighted by atomic mass is 10.0. The number of esters is 1. The van der Waals surface area contributed by atoms with Crippen molar-refractivity contribution in [1.82, 2.24) is 20.2 Å². The predicted octanol–water partition coefficient (Wildman–Crippen LogP) is 3.61. The molecule has 10 nitrogen and oxygen atoms in total. The minimum atomic E-state index is -0.567. The monoisotopic (exact) mass is 554 g/mol. The van der Waals surface area contributed by atoms with Crippen molar-refractivity contribution < 1.29 is 28.9 Å². The first-order valence-electron chi connectivity index (χ1n) is 12.8. The van der Waals surface area contributed by atoms with Gasteiger partial charge in [0.2, 0.25) is 0 Å². The number of amides is 2. The molecule has 2 amide bonds.